The highest BCUT2D eigenvalue weighted by atomic mass is 16.3. The van der Waals surface area contributed by atoms with Gasteiger partial charge >= 0.3 is 6.03 Å². The number of Topliss-reactive ketones (excluding diaryl/α,β-unsaturated/α-hetero) is 1. The number of nitrogens with one attached hydrogen (secondary N) is 1. The molecular formula is C15H20N2O3. The maximum atomic E-state index is 12.2. The van der Waals surface area contributed by atoms with E-state index in [1.165, 1.54) is 6.92 Å². The fourth-order valence-corrected chi connectivity index (χ4v) is 2.52. The second-order valence-corrected chi connectivity index (χ2v) is 5.27. The van der Waals surface area contributed by atoms with E-state index < -0.39 is 0 Å². The van der Waals surface area contributed by atoms with Crippen molar-refractivity contribution < 1.29 is 14.7 Å². The first-order valence-corrected chi connectivity index (χ1v) is 6.82. The Morgan fingerprint density at radius 2 is 2.00 bits per heavy atom. The third kappa shape index (κ3) is 2.99. The van der Waals surface area contributed by atoms with Gasteiger partial charge in [0, 0.05) is 17.8 Å². The molecule has 5 heteroatoms. The van der Waals surface area contributed by atoms with Crippen LogP contribution >= 0.6 is 0 Å². The molecule has 2 unspecified atom stereocenters. The van der Waals surface area contributed by atoms with Gasteiger partial charge in [-0.3, -0.25) is 4.79 Å². The van der Waals surface area contributed by atoms with Crippen LogP contribution in [-0.4, -0.2) is 41.0 Å². The van der Waals surface area contributed by atoms with Gasteiger partial charge < -0.3 is 15.3 Å². The van der Waals surface area contributed by atoms with Gasteiger partial charge in [0.2, 0.25) is 0 Å². The first-order chi connectivity index (χ1) is 9.52. The molecule has 1 aliphatic heterocycles. The number of aliphatic hydroxyl groups is 1. The Hall–Kier alpha value is -1.88. The lowest BCUT2D eigenvalue weighted by Crippen LogP contribution is -2.42. The normalized spacial score (nSPS) is 21.9. The van der Waals surface area contributed by atoms with E-state index in [4.69, 9.17) is 0 Å². The number of rotatable bonds is 3. The Morgan fingerprint density at radius 1 is 1.35 bits per heavy atom. The van der Waals surface area contributed by atoms with Gasteiger partial charge in [-0.2, -0.15) is 0 Å². The molecule has 1 fully saturated rings. The zero-order chi connectivity index (χ0) is 14.7. The second kappa shape index (κ2) is 6.05. The molecule has 1 aromatic rings. The summed E-state index contributed by atoms with van der Waals surface area (Å²) in [6.45, 7) is 4.18. The van der Waals surface area contributed by atoms with E-state index in [0.29, 0.717) is 23.7 Å². The number of amides is 2. The molecule has 0 bridgehead atoms. The van der Waals surface area contributed by atoms with E-state index in [2.05, 4.69) is 5.32 Å². The predicted octanol–water partition coefficient (Wildman–Crippen LogP) is 2.12. The van der Waals surface area contributed by atoms with Crippen LogP contribution in [0.3, 0.4) is 0 Å². The number of hydrogen-bond donors (Lipinski definition) is 2. The van der Waals surface area contributed by atoms with Crippen molar-refractivity contribution in [2.75, 3.05) is 18.5 Å². The summed E-state index contributed by atoms with van der Waals surface area (Å²) >= 11 is 0. The molecule has 1 aliphatic rings. The fraction of sp³-hybridized carbons (Fsp3) is 0.467. The van der Waals surface area contributed by atoms with Crippen LogP contribution in [-0.2, 0) is 0 Å². The van der Waals surface area contributed by atoms with Crippen molar-refractivity contribution in [2.45, 2.75) is 26.3 Å². The van der Waals surface area contributed by atoms with Gasteiger partial charge in [0.05, 0.1) is 12.6 Å². The molecule has 20 heavy (non-hydrogen) atoms. The highest BCUT2D eigenvalue weighted by Crippen LogP contribution is 2.24. The van der Waals surface area contributed by atoms with Crippen molar-refractivity contribution in [3.8, 4) is 0 Å². The van der Waals surface area contributed by atoms with Crippen LogP contribution in [0, 0.1) is 5.92 Å². The summed E-state index contributed by atoms with van der Waals surface area (Å²) in [5.41, 5.74) is 1.27. The molecule has 1 aromatic carbocycles. The summed E-state index contributed by atoms with van der Waals surface area (Å²) in [6.07, 6.45) is 0.905. The third-order valence-corrected chi connectivity index (χ3v) is 3.87. The number of benzene rings is 1. The summed E-state index contributed by atoms with van der Waals surface area (Å²) in [5.74, 6) is 0.308. The van der Waals surface area contributed by atoms with Gasteiger partial charge in [0.15, 0.2) is 5.78 Å². The minimum Gasteiger partial charge on any atom is -0.394 e. The molecule has 0 aromatic heterocycles. The Morgan fingerprint density at radius 3 is 2.55 bits per heavy atom. The molecule has 0 aliphatic carbocycles. The van der Waals surface area contributed by atoms with Crippen molar-refractivity contribution in [3.63, 3.8) is 0 Å². The summed E-state index contributed by atoms with van der Waals surface area (Å²) in [5, 5.41) is 12.2. The zero-order valence-corrected chi connectivity index (χ0v) is 11.8. The van der Waals surface area contributed by atoms with Gasteiger partial charge in [-0.15, -0.1) is 0 Å². The number of anilines is 1. The van der Waals surface area contributed by atoms with Crippen LogP contribution in [0.15, 0.2) is 24.3 Å². The first-order valence-electron chi connectivity index (χ1n) is 6.82. The van der Waals surface area contributed by atoms with E-state index in [0.717, 1.165) is 6.42 Å². The highest BCUT2D eigenvalue weighted by Gasteiger charge is 2.33. The molecule has 2 amide bonds. The summed E-state index contributed by atoms with van der Waals surface area (Å²) in [6, 6.07) is 6.47. The Bertz CT molecular complexity index is 498. The van der Waals surface area contributed by atoms with Crippen molar-refractivity contribution in [3.05, 3.63) is 29.8 Å². The number of likely N-dealkylation sites (tertiary alicyclic amines) is 1. The maximum Gasteiger partial charge on any atom is 0.322 e. The number of urea groups is 1. The average Bonchev–Trinajstić information content (AvgIpc) is 2.80. The Labute approximate surface area is 118 Å². The van der Waals surface area contributed by atoms with Gasteiger partial charge in [0.1, 0.15) is 0 Å². The fourth-order valence-electron chi connectivity index (χ4n) is 2.52. The van der Waals surface area contributed by atoms with Crippen molar-refractivity contribution in [1.29, 1.82) is 0 Å². The summed E-state index contributed by atoms with van der Waals surface area (Å²) in [4.78, 5) is 25.0. The van der Waals surface area contributed by atoms with Gasteiger partial charge in [-0.05, 0) is 43.5 Å². The summed E-state index contributed by atoms with van der Waals surface area (Å²) < 4.78 is 0. The smallest absolute Gasteiger partial charge is 0.322 e. The SMILES string of the molecule is CC(=O)c1ccc(NC(=O)N2CCC(C)C2CO)cc1. The van der Waals surface area contributed by atoms with Crippen LogP contribution in [0.5, 0.6) is 0 Å². The number of ketones is 1. The molecule has 108 valence electrons. The van der Waals surface area contributed by atoms with Crippen LogP contribution in [0.1, 0.15) is 30.6 Å². The summed E-state index contributed by atoms with van der Waals surface area (Å²) in [7, 11) is 0. The molecule has 1 saturated heterocycles. The number of nitrogens with zero attached hydrogens (tertiary/aromatic N) is 1. The first kappa shape index (κ1) is 14.5. The zero-order valence-electron chi connectivity index (χ0n) is 11.8. The van der Waals surface area contributed by atoms with Gasteiger partial charge in [-0.1, -0.05) is 6.92 Å². The van der Waals surface area contributed by atoms with Crippen LogP contribution in [0.4, 0.5) is 10.5 Å². The minimum absolute atomic E-state index is 0.00316. The number of carbonyl (C=O) groups is 2. The van der Waals surface area contributed by atoms with Crippen molar-refractivity contribution in [1.82, 2.24) is 4.90 Å². The molecular weight excluding hydrogens is 256 g/mol. The van der Waals surface area contributed by atoms with E-state index in [9.17, 15) is 14.7 Å². The molecule has 1 heterocycles. The van der Waals surface area contributed by atoms with Crippen molar-refractivity contribution >= 4 is 17.5 Å². The molecule has 2 atom stereocenters. The monoisotopic (exact) mass is 276 g/mol. The lowest BCUT2D eigenvalue weighted by atomic mass is 10.0. The number of hydrogen-bond acceptors (Lipinski definition) is 3. The van der Waals surface area contributed by atoms with E-state index in [1.54, 1.807) is 29.2 Å². The number of carbonyl (C=O) groups excluding carboxylic acids is 2. The van der Waals surface area contributed by atoms with E-state index >= 15 is 0 Å². The largest absolute Gasteiger partial charge is 0.394 e. The number of aliphatic hydroxyl groups excluding tert-OH is 1. The van der Waals surface area contributed by atoms with E-state index in [1.807, 2.05) is 6.92 Å². The van der Waals surface area contributed by atoms with Gasteiger partial charge in [-0.25, -0.2) is 4.79 Å². The topological polar surface area (TPSA) is 69.6 Å². The molecule has 0 saturated carbocycles. The molecule has 5 nitrogen and oxygen atoms in total. The third-order valence-electron chi connectivity index (χ3n) is 3.87. The maximum absolute atomic E-state index is 12.2. The van der Waals surface area contributed by atoms with Crippen molar-refractivity contribution in [2.24, 2.45) is 5.92 Å². The lowest BCUT2D eigenvalue weighted by molar-refractivity contribution is 0.101. The van der Waals surface area contributed by atoms with Crippen LogP contribution < -0.4 is 5.32 Å². The lowest BCUT2D eigenvalue weighted by Gasteiger charge is -2.25. The van der Waals surface area contributed by atoms with Crippen LogP contribution in [0.25, 0.3) is 0 Å². The molecule has 2 N–H and O–H groups in total. The molecule has 0 radical (unpaired) electrons. The molecule has 2 rings (SSSR count). The van der Waals surface area contributed by atoms with Gasteiger partial charge in [0.25, 0.3) is 0 Å². The highest BCUT2D eigenvalue weighted by molar-refractivity contribution is 5.95. The minimum atomic E-state index is -0.205. The predicted molar refractivity (Wildman–Crippen MR) is 76.8 cm³/mol. The van der Waals surface area contributed by atoms with E-state index in [-0.39, 0.29) is 24.5 Å². The quantitative estimate of drug-likeness (QED) is 0.831. The average molecular weight is 276 g/mol. The van der Waals surface area contributed by atoms with Crippen LogP contribution in [0.2, 0.25) is 0 Å². The standard InChI is InChI=1S/C15H20N2O3/c1-10-7-8-17(14(10)9-18)15(20)16-13-5-3-12(4-6-13)11(2)19/h3-6,10,14,18H,7-9H2,1-2H3,(H,16,20). The molecule has 0 spiro atoms. The second-order valence-electron chi connectivity index (χ2n) is 5.27. The Balaban J connectivity index is 2.02. The Kier molecular flexibility index (Phi) is 4.39.